The molecule has 1 aliphatic rings. The van der Waals surface area contributed by atoms with E-state index in [9.17, 15) is 14.4 Å². The van der Waals surface area contributed by atoms with Crippen molar-refractivity contribution in [3.8, 4) is 17.2 Å². The highest BCUT2D eigenvalue weighted by molar-refractivity contribution is 6.30. The Kier molecular flexibility index (Phi) is 10.4. The van der Waals surface area contributed by atoms with E-state index in [-0.39, 0.29) is 35.4 Å². The fraction of sp³-hybridized carbons (Fsp3) is 0.300. The number of carbonyl (C=O) groups is 3. The number of benzene rings is 3. The third-order valence-electron chi connectivity index (χ3n) is 6.89. The molecule has 0 aliphatic heterocycles. The van der Waals surface area contributed by atoms with Gasteiger partial charge in [0.15, 0.2) is 0 Å². The van der Waals surface area contributed by atoms with Crippen LogP contribution in [-0.2, 0) is 33.6 Å². The number of ether oxygens (including phenoxy) is 3. The third-order valence-corrected chi connectivity index (χ3v) is 7.62. The summed E-state index contributed by atoms with van der Waals surface area (Å²) < 4.78 is 16.9. The van der Waals surface area contributed by atoms with Gasteiger partial charge in [-0.05, 0) is 89.0 Å². The van der Waals surface area contributed by atoms with Crippen LogP contribution in [0.1, 0.15) is 33.4 Å². The second-order valence-corrected chi connectivity index (χ2v) is 10.3. The zero-order valence-corrected chi connectivity index (χ0v) is 25.6. The lowest BCUT2D eigenvalue weighted by Crippen LogP contribution is -2.14. The van der Waals surface area contributed by atoms with Crippen LogP contribution in [0.3, 0.4) is 0 Å². The molecule has 0 radical (unpaired) electrons. The van der Waals surface area contributed by atoms with Crippen molar-refractivity contribution < 1.29 is 28.6 Å². The number of hydrogen-bond donors (Lipinski definition) is 3. The number of anilines is 3. The van der Waals surface area contributed by atoms with E-state index < -0.39 is 0 Å². The molecule has 0 saturated carbocycles. The maximum Gasteiger partial charge on any atom is 0.239 e. The predicted molar refractivity (Wildman–Crippen MR) is 165 cm³/mol. The summed E-state index contributed by atoms with van der Waals surface area (Å²) in [5, 5.41) is 8.43. The number of hydrogen-bond acceptors (Lipinski definition) is 6. The van der Waals surface area contributed by atoms with Gasteiger partial charge in [-0.1, -0.05) is 0 Å². The van der Waals surface area contributed by atoms with E-state index >= 15 is 0 Å². The first-order valence-electron chi connectivity index (χ1n) is 12.9. The van der Waals surface area contributed by atoms with Crippen LogP contribution < -0.4 is 30.2 Å². The Labute approximate surface area is 258 Å². The molecule has 12 heteroatoms. The highest BCUT2D eigenvalue weighted by Gasteiger charge is 2.22. The second-order valence-electron chi connectivity index (χ2n) is 9.54. The van der Waals surface area contributed by atoms with Crippen LogP contribution in [0.25, 0.3) is 0 Å². The van der Waals surface area contributed by atoms with Gasteiger partial charge < -0.3 is 30.2 Å². The Morgan fingerprint density at radius 1 is 0.524 bits per heavy atom. The molecular formula is C30H30Cl3N3O6. The van der Waals surface area contributed by atoms with Gasteiger partial charge in [0.25, 0.3) is 0 Å². The van der Waals surface area contributed by atoms with Gasteiger partial charge in [-0.15, -0.1) is 34.8 Å². The molecule has 0 heterocycles. The molecule has 3 N–H and O–H groups in total. The Hall–Kier alpha value is -3.66. The number of methoxy groups -OCH3 is 3. The summed E-state index contributed by atoms with van der Waals surface area (Å²) >= 11 is 17.3. The lowest BCUT2D eigenvalue weighted by Gasteiger charge is -2.18. The molecule has 4 rings (SSSR count). The molecule has 9 nitrogen and oxygen atoms in total. The van der Waals surface area contributed by atoms with Gasteiger partial charge in [0.1, 0.15) is 34.9 Å². The lowest BCUT2D eigenvalue weighted by atomic mass is 9.93. The van der Waals surface area contributed by atoms with Crippen molar-refractivity contribution in [2.45, 2.75) is 19.3 Å². The molecule has 0 aromatic heterocycles. The number of halogens is 3. The number of fused-ring (bicyclic) bond motifs is 3. The average molecular weight is 635 g/mol. The van der Waals surface area contributed by atoms with Gasteiger partial charge in [-0.2, -0.15) is 0 Å². The lowest BCUT2D eigenvalue weighted by molar-refractivity contribution is -0.114. The molecule has 0 spiro atoms. The van der Waals surface area contributed by atoms with Crippen molar-refractivity contribution in [2.75, 3.05) is 54.9 Å². The first kappa shape index (κ1) is 31.3. The van der Waals surface area contributed by atoms with Crippen LogP contribution in [0, 0.1) is 0 Å². The summed E-state index contributed by atoms with van der Waals surface area (Å²) in [5.74, 6) is -0.266. The van der Waals surface area contributed by atoms with Gasteiger partial charge in [0, 0.05) is 0 Å². The SMILES string of the molecule is COc1cc2c(cc1NC(=O)CCl)Cc1cc(OC)c(NC(=O)CCl)cc1Cc1cc(OC)c(NC(=O)CCl)cc1C2. The fourth-order valence-electron chi connectivity index (χ4n) is 4.95. The third kappa shape index (κ3) is 7.03. The van der Waals surface area contributed by atoms with E-state index in [1.807, 2.05) is 36.4 Å². The van der Waals surface area contributed by atoms with E-state index in [4.69, 9.17) is 49.0 Å². The first-order chi connectivity index (χ1) is 20.2. The van der Waals surface area contributed by atoms with E-state index in [0.29, 0.717) is 53.6 Å². The summed E-state index contributed by atoms with van der Waals surface area (Å²) in [5.41, 5.74) is 7.10. The van der Waals surface area contributed by atoms with E-state index in [0.717, 1.165) is 33.4 Å². The highest BCUT2D eigenvalue weighted by Crippen LogP contribution is 2.39. The van der Waals surface area contributed by atoms with Crippen molar-refractivity contribution in [1.82, 2.24) is 0 Å². The van der Waals surface area contributed by atoms with E-state index in [2.05, 4.69) is 16.0 Å². The molecule has 42 heavy (non-hydrogen) atoms. The van der Waals surface area contributed by atoms with Crippen LogP contribution in [-0.4, -0.2) is 56.7 Å². The molecule has 0 atom stereocenters. The first-order valence-corrected chi connectivity index (χ1v) is 14.5. The molecule has 3 amide bonds. The van der Waals surface area contributed by atoms with Crippen LogP contribution >= 0.6 is 34.8 Å². The average Bonchev–Trinajstić information content (AvgIpc) is 3.05. The standard InChI is InChI=1S/C30H30Cl3N3O6/c1-40-25-10-19-4-17-8-23(35-29(38)14-32)27(42-3)12-21(17)6-18-9-24(36-30(39)15-33)26(41-2)11-20(18)5-16(19)7-22(25)34-28(37)13-31/h7-12H,4-6,13-15H2,1-3H3,(H,34,37)(H,35,38)(H,36,39). The summed E-state index contributed by atoms with van der Waals surface area (Å²) in [4.78, 5) is 36.6. The van der Waals surface area contributed by atoms with Gasteiger partial charge in [-0.3, -0.25) is 14.4 Å². The molecule has 0 unspecified atom stereocenters. The summed E-state index contributed by atoms with van der Waals surface area (Å²) in [7, 11) is 4.59. The van der Waals surface area contributed by atoms with Crippen molar-refractivity contribution in [3.63, 3.8) is 0 Å². The van der Waals surface area contributed by atoms with E-state index in [1.54, 1.807) is 0 Å². The monoisotopic (exact) mass is 633 g/mol. The smallest absolute Gasteiger partial charge is 0.239 e. The number of amides is 3. The number of nitrogens with one attached hydrogen (secondary N) is 3. The van der Waals surface area contributed by atoms with Crippen molar-refractivity contribution in [1.29, 1.82) is 0 Å². The minimum atomic E-state index is -0.364. The maximum atomic E-state index is 12.2. The zero-order valence-electron chi connectivity index (χ0n) is 23.3. The Morgan fingerprint density at radius 2 is 0.762 bits per heavy atom. The summed E-state index contributed by atoms with van der Waals surface area (Å²) in [6.07, 6.45) is 1.46. The molecular weight excluding hydrogens is 605 g/mol. The summed E-state index contributed by atoms with van der Waals surface area (Å²) in [6, 6.07) is 11.3. The van der Waals surface area contributed by atoms with Crippen LogP contribution in [0.5, 0.6) is 17.2 Å². The minimum absolute atomic E-state index is 0.205. The highest BCUT2D eigenvalue weighted by atomic mass is 35.5. The molecule has 0 saturated heterocycles. The van der Waals surface area contributed by atoms with Gasteiger partial charge in [0.05, 0.1) is 38.4 Å². The van der Waals surface area contributed by atoms with Gasteiger partial charge >= 0.3 is 0 Å². The molecule has 0 fully saturated rings. The largest absolute Gasteiger partial charge is 0.495 e. The second kappa shape index (κ2) is 14.0. The normalized spacial score (nSPS) is 11.9. The van der Waals surface area contributed by atoms with Crippen LogP contribution in [0.15, 0.2) is 36.4 Å². The maximum absolute atomic E-state index is 12.2. The number of alkyl halides is 3. The topological polar surface area (TPSA) is 115 Å². The van der Waals surface area contributed by atoms with E-state index in [1.165, 1.54) is 21.3 Å². The Bertz CT molecular complexity index is 1350. The van der Waals surface area contributed by atoms with Crippen LogP contribution in [0.4, 0.5) is 17.1 Å². The zero-order chi connectivity index (χ0) is 30.4. The van der Waals surface area contributed by atoms with Crippen molar-refractivity contribution >= 4 is 69.6 Å². The Morgan fingerprint density at radius 3 is 0.976 bits per heavy atom. The quantitative estimate of drug-likeness (QED) is 0.215. The molecule has 3 aromatic carbocycles. The number of rotatable bonds is 9. The molecule has 222 valence electrons. The van der Waals surface area contributed by atoms with Gasteiger partial charge in [0.2, 0.25) is 17.7 Å². The fourth-order valence-corrected chi connectivity index (χ4v) is 5.15. The van der Waals surface area contributed by atoms with Gasteiger partial charge in [-0.25, -0.2) is 0 Å². The van der Waals surface area contributed by atoms with Crippen molar-refractivity contribution in [2.24, 2.45) is 0 Å². The summed E-state index contributed by atoms with van der Waals surface area (Å²) in [6.45, 7) is 0. The van der Waals surface area contributed by atoms with Crippen molar-refractivity contribution in [3.05, 3.63) is 69.8 Å². The van der Waals surface area contributed by atoms with Crippen LogP contribution in [0.2, 0.25) is 0 Å². The Balaban J connectivity index is 1.97. The molecule has 0 bridgehead atoms. The molecule has 1 aliphatic carbocycles. The molecule has 3 aromatic rings. The minimum Gasteiger partial charge on any atom is -0.495 e. The predicted octanol–water partition coefficient (Wildman–Crippen LogP) is 5.33. The number of carbonyl (C=O) groups excluding carboxylic acids is 3.